The second-order valence-corrected chi connectivity index (χ2v) is 6.05. The van der Waals surface area contributed by atoms with Crippen LogP contribution in [0.3, 0.4) is 0 Å². The normalized spacial score (nSPS) is 20.2. The predicted molar refractivity (Wildman–Crippen MR) is 79.0 cm³/mol. The van der Waals surface area contributed by atoms with E-state index in [1.807, 2.05) is 0 Å². The number of hydrogen-bond acceptors (Lipinski definition) is 2. The summed E-state index contributed by atoms with van der Waals surface area (Å²) in [7, 11) is 0. The smallest absolute Gasteiger partial charge is 0.225 e. The quantitative estimate of drug-likeness (QED) is 0.903. The van der Waals surface area contributed by atoms with Crippen LogP contribution in [-0.4, -0.2) is 25.2 Å². The Labute approximate surface area is 122 Å². The van der Waals surface area contributed by atoms with Gasteiger partial charge in [-0.2, -0.15) is 0 Å². The SMILES string of the molecule is C[C@H](CCc1ccc(Br)cc1)NC(=O)[C@H]1CCOC1. The number of aryl methyl sites for hydroxylation is 1. The van der Waals surface area contributed by atoms with Gasteiger partial charge in [-0.15, -0.1) is 0 Å². The van der Waals surface area contributed by atoms with E-state index in [2.05, 4.69) is 52.4 Å². The van der Waals surface area contributed by atoms with Gasteiger partial charge in [0.15, 0.2) is 0 Å². The average molecular weight is 326 g/mol. The summed E-state index contributed by atoms with van der Waals surface area (Å²) in [6.45, 7) is 3.35. The number of ether oxygens (including phenoxy) is 1. The van der Waals surface area contributed by atoms with Gasteiger partial charge in [-0.3, -0.25) is 4.79 Å². The summed E-state index contributed by atoms with van der Waals surface area (Å²) >= 11 is 3.43. The largest absolute Gasteiger partial charge is 0.381 e. The lowest BCUT2D eigenvalue weighted by Crippen LogP contribution is -2.37. The van der Waals surface area contributed by atoms with Crippen molar-refractivity contribution in [2.24, 2.45) is 5.92 Å². The molecule has 1 aromatic carbocycles. The Kier molecular flexibility index (Phi) is 5.40. The summed E-state index contributed by atoms with van der Waals surface area (Å²) in [4.78, 5) is 11.9. The molecular weight excluding hydrogens is 306 g/mol. The molecule has 104 valence electrons. The third kappa shape index (κ3) is 4.62. The molecule has 19 heavy (non-hydrogen) atoms. The summed E-state index contributed by atoms with van der Waals surface area (Å²) in [5.74, 6) is 0.191. The lowest BCUT2D eigenvalue weighted by molar-refractivity contribution is -0.125. The molecule has 0 aliphatic carbocycles. The molecule has 1 aromatic rings. The molecule has 0 unspecified atom stereocenters. The average Bonchev–Trinajstić information content (AvgIpc) is 2.92. The van der Waals surface area contributed by atoms with E-state index in [1.54, 1.807) is 0 Å². The summed E-state index contributed by atoms with van der Waals surface area (Å²) < 4.78 is 6.33. The molecule has 4 heteroatoms. The van der Waals surface area contributed by atoms with Crippen LogP contribution in [0.4, 0.5) is 0 Å². The maximum absolute atomic E-state index is 11.9. The molecule has 0 spiro atoms. The van der Waals surface area contributed by atoms with Crippen LogP contribution >= 0.6 is 15.9 Å². The number of halogens is 1. The summed E-state index contributed by atoms with van der Waals surface area (Å²) in [5.41, 5.74) is 1.30. The van der Waals surface area contributed by atoms with E-state index in [4.69, 9.17) is 4.74 Å². The van der Waals surface area contributed by atoms with Crippen molar-refractivity contribution < 1.29 is 9.53 Å². The Morgan fingerprint density at radius 1 is 1.47 bits per heavy atom. The van der Waals surface area contributed by atoms with Gasteiger partial charge in [0.05, 0.1) is 12.5 Å². The number of hydrogen-bond donors (Lipinski definition) is 1. The van der Waals surface area contributed by atoms with Crippen molar-refractivity contribution in [1.29, 1.82) is 0 Å². The first-order chi connectivity index (χ1) is 9.15. The van der Waals surface area contributed by atoms with E-state index >= 15 is 0 Å². The molecule has 1 amide bonds. The van der Waals surface area contributed by atoms with Gasteiger partial charge in [0.1, 0.15) is 0 Å². The fraction of sp³-hybridized carbons (Fsp3) is 0.533. The van der Waals surface area contributed by atoms with Gasteiger partial charge >= 0.3 is 0 Å². The number of nitrogens with one attached hydrogen (secondary N) is 1. The van der Waals surface area contributed by atoms with Crippen LogP contribution in [0, 0.1) is 5.92 Å². The zero-order valence-corrected chi connectivity index (χ0v) is 12.8. The second-order valence-electron chi connectivity index (χ2n) is 5.14. The lowest BCUT2D eigenvalue weighted by atomic mass is 10.0. The Morgan fingerprint density at radius 2 is 2.21 bits per heavy atom. The van der Waals surface area contributed by atoms with Crippen molar-refractivity contribution in [3.63, 3.8) is 0 Å². The van der Waals surface area contributed by atoms with Crippen LogP contribution in [0.1, 0.15) is 25.3 Å². The fourth-order valence-electron chi connectivity index (χ4n) is 2.21. The van der Waals surface area contributed by atoms with Crippen LogP contribution in [0.5, 0.6) is 0 Å². The van der Waals surface area contributed by atoms with Crippen molar-refractivity contribution in [2.75, 3.05) is 13.2 Å². The predicted octanol–water partition coefficient (Wildman–Crippen LogP) is 2.92. The maximum Gasteiger partial charge on any atom is 0.225 e. The molecule has 2 rings (SSSR count). The van der Waals surface area contributed by atoms with E-state index in [0.29, 0.717) is 13.2 Å². The molecule has 3 nitrogen and oxygen atoms in total. The number of rotatable bonds is 5. The minimum atomic E-state index is 0.0510. The lowest BCUT2D eigenvalue weighted by Gasteiger charge is -2.16. The Hall–Kier alpha value is -0.870. The first kappa shape index (κ1) is 14.5. The summed E-state index contributed by atoms with van der Waals surface area (Å²) in [6.07, 6.45) is 2.79. The first-order valence-electron chi connectivity index (χ1n) is 6.77. The highest BCUT2D eigenvalue weighted by Crippen LogP contribution is 2.14. The Balaban J connectivity index is 1.73. The van der Waals surface area contributed by atoms with Crippen LogP contribution in [0.25, 0.3) is 0 Å². The van der Waals surface area contributed by atoms with Crippen LogP contribution in [-0.2, 0) is 16.0 Å². The van der Waals surface area contributed by atoms with E-state index in [1.165, 1.54) is 5.56 Å². The maximum atomic E-state index is 11.9. The van der Waals surface area contributed by atoms with Gasteiger partial charge in [-0.05, 0) is 43.9 Å². The summed E-state index contributed by atoms with van der Waals surface area (Å²) in [6, 6.07) is 8.53. The number of amides is 1. The third-order valence-corrected chi connectivity index (χ3v) is 4.00. The van der Waals surface area contributed by atoms with Crippen molar-refractivity contribution in [3.05, 3.63) is 34.3 Å². The molecule has 1 N–H and O–H groups in total. The van der Waals surface area contributed by atoms with Crippen LogP contribution < -0.4 is 5.32 Å². The number of carbonyl (C=O) groups excluding carboxylic acids is 1. The molecule has 1 fully saturated rings. The molecule has 0 bridgehead atoms. The third-order valence-electron chi connectivity index (χ3n) is 3.47. The van der Waals surface area contributed by atoms with Gasteiger partial charge in [0.2, 0.25) is 5.91 Å². The zero-order chi connectivity index (χ0) is 13.7. The van der Waals surface area contributed by atoms with Crippen LogP contribution in [0.2, 0.25) is 0 Å². The Morgan fingerprint density at radius 3 is 2.84 bits per heavy atom. The van der Waals surface area contributed by atoms with Gasteiger partial charge in [-0.25, -0.2) is 0 Å². The molecule has 1 heterocycles. The molecule has 0 saturated carbocycles. The van der Waals surface area contributed by atoms with E-state index < -0.39 is 0 Å². The standard InChI is InChI=1S/C15H20BrNO2/c1-11(17-15(18)13-8-9-19-10-13)2-3-12-4-6-14(16)7-5-12/h4-7,11,13H,2-3,8-10H2,1H3,(H,17,18)/t11-,13+/m1/s1. The van der Waals surface area contributed by atoms with Gasteiger partial charge in [-0.1, -0.05) is 28.1 Å². The topological polar surface area (TPSA) is 38.3 Å². The monoisotopic (exact) mass is 325 g/mol. The van der Waals surface area contributed by atoms with Crippen LogP contribution in [0.15, 0.2) is 28.7 Å². The van der Waals surface area contributed by atoms with E-state index in [9.17, 15) is 4.79 Å². The summed E-state index contributed by atoms with van der Waals surface area (Å²) in [5, 5.41) is 3.08. The van der Waals surface area contributed by atoms with Gasteiger partial charge in [0, 0.05) is 17.1 Å². The van der Waals surface area contributed by atoms with Gasteiger partial charge in [0.25, 0.3) is 0 Å². The zero-order valence-electron chi connectivity index (χ0n) is 11.2. The fourth-order valence-corrected chi connectivity index (χ4v) is 2.47. The minimum absolute atomic E-state index is 0.0510. The van der Waals surface area contributed by atoms with Crippen molar-refractivity contribution in [3.8, 4) is 0 Å². The molecule has 2 atom stereocenters. The van der Waals surface area contributed by atoms with Crippen molar-refractivity contribution in [2.45, 2.75) is 32.2 Å². The molecule has 1 saturated heterocycles. The molecule has 1 aliphatic heterocycles. The Bertz CT molecular complexity index is 413. The second kappa shape index (κ2) is 7.06. The molecular formula is C15H20BrNO2. The minimum Gasteiger partial charge on any atom is -0.381 e. The number of carbonyl (C=O) groups is 1. The highest BCUT2D eigenvalue weighted by atomic mass is 79.9. The number of benzene rings is 1. The highest BCUT2D eigenvalue weighted by molar-refractivity contribution is 9.10. The van der Waals surface area contributed by atoms with Crippen molar-refractivity contribution in [1.82, 2.24) is 5.32 Å². The van der Waals surface area contributed by atoms with Crippen molar-refractivity contribution >= 4 is 21.8 Å². The first-order valence-corrected chi connectivity index (χ1v) is 7.57. The van der Waals surface area contributed by atoms with E-state index in [0.717, 1.165) is 23.7 Å². The molecule has 0 aromatic heterocycles. The molecule has 0 radical (unpaired) electrons. The molecule has 1 aliphatic rings. The highest BCUT2D eigenvalue weighted by Gasteiger charge is 2.24. The van der Waals surface area contributed by atoms with Gasteiger partial charge < -0.3 is 10.1 Å². The van der Waals surface area contributed by atoms with E-state index in [-0.39, 0.29) is 17.9 Å².